The molecule has 0 amide bonds. The Hall–Kier alpha value is -3.41. The molecule has 0 saturated heterocycles. The van der Waals surface area contributed by atoms with Crippen molar-refractivity contribution in [1.82, 2.24) is 0 Å². The highest BCUT2D eigenvalue weighted by Gasteiger charge is 2.19. The Morgan fingerprint density at radius 3 is 0.892 bits per heavy atom. The molecule has 1 unspecified atom stereocenters. The molecule has 0 N–H and O–H groups in total. The highest BCUT2D eigenvalue weighted by atomic mass is 16.6. The first kappa shape index (κ1) is 70.6. The summed E-state index contributed by atoms with van der Waals surface area (Å²) >= 11 is 0. The Morgan fingerprint density at radius 1 is 0.284 bits per heavy atom. The minimum Gasteiger partial charge on any atom is -0.462 e. The number of hydrogen-bond acceptors (Lipinski definition) is 6. The van der Waals surface area contributed by atoms with Crippen LogP contribution in [0.3, 0.4) is 0 Å². The van der Waals surface area contributed by atoms with Crippen LogP contribution in [0.5, 0.6) is 0 Å². The van der Waals surface area contributed by atoms with Crippen molar-refractivity contribution in [1.29, 1.82) is 0 Å². The smallest absolute Gasteiger partial charge is 0.306 e. The number of unbranched alkanes of at least 4 members (excludes halogenated alkanes) is 32. The fourth-order valence-corrected chi connectivity index (χ4v) is 8.88. The predicted molar refractivity (Wildman–Crippen MR) is 321 cm³/mol. The van der Waals surface area contributed by atoms with Crippen LogP contribution in [0, 0.1) is 0 Å². The average molecular weight is 1030 g/mol. The summed E-state index contributed by atoms with van der Waals surface area (Å²) in [7, 11) is 0. The molecule has 1 atom stereocenters. The maximum atomic E-state index is 12.8. The van der Waals surface area contributed by atoms with E-state index in [0.29, 0.717) is 19.3 Å². The first-order valence-corrected chi connectivity index (χ1v) is 31.6. The largest absolute Gasteiger partial charge is 0.462 e. The summed E-state index contributed by atoms with van der Waals surface area (Å²) in [6.07, 6.45) is 81.8. The van der Waals surface area contributed by atoms with Gasteiger partial charge in [-0.25, -0.2) is 0 Å². The van der Waals surface area contributed by atoms with Gasteiger partial charge in [-0.15, -0.1) is 0 Å². The van der Waals surface area contributed by atoms with Gasteiger partial charge in [0.15, 0.2) is 6.10 Å². The molecule has 0 aromatic rings. The van der Waals surface area contributed by atoms with Crippen LogP contribution in [0.15, 0.2) is 85.1 Å². The van der Waals surface area contributed by atoms with Gasteiger partial charge < -0.3 is 14.2 Å². The quantitative estimate of drug-likeness (QED) is 0.0261. The van der Waals surface area contributed by atoms with Crippen LogP contribution in [0.2, 0.25) is 0 Å². The lowest BCUT2D eigenvalue weighted by atomic mass is 10.0. The lowest BCUT2D eigenvalue weighted by Gasteiger charge is -2.18. The van der Waals surface area contributed by atoms with Crippen molar-refractivity contribution in [3.8, 4) is 0 Å². The molecule has 0 aliphatic rings. The van der Waals surface area contributed by atoms with Gasteiger partial charge in [-0.3, -0.25) is 14.4 Å². The van der Waals surface area contributed by atoms with Crippen molar-refractivity contribution in [2.75, 3.05) is 13.2 Å². The number of allylic oxidation sites excluding steroid dienone is 14. The Bertz CT molecular complexity index is 1420. The molecule has 6 heteroatoms. The van der Waals surface area contributed by atoms with E-state index in [1.807, 2.05) is 0 Å². The first-order chi connectivity index (χ1) is 36.5. The SMILES string of the molecule is CC/C=C\C/C=C\C/C=C\C/C=C\CCCCCCCCCCCCCCCCCCCCC(=O)OCC(COC(=O)CCCCCCC/C=C\CCCCC)OC(=O)CCCCCCC/C=C\C/C=C\CCC. The van der Waals surface area contributed by atoms with E-state index in [-0.39, 0.29) is 31.1 Å². The van der Waals surface area contributed by atoms with Gasteiger partial charge in [-0.1, -0.05) is 266 Å². The number of hydrogen-bond donors (Lipinski definition) is 0. The molecule has 426 valence electrons. The van der Waals surface area contributed by atoms with E-state index in [1.54, 1.807) is 0 Å². The van der Waals surface area contributed by atoms with E-state index in [1.165, 1.54) is 148 Å². The molecule has 0 spiro atoms. The zero-order valence-corrected chi connectivity index (χ0v) is 48.8. The number of ether oxygens (including phenoxy) is 3. The third-order valence-electron chi connectivity index (χ3n) is 13.6. The fourth-order valence-electron chi connectivity index (χ4n) is 8.88. The zero-order valence-electron chi connectivity index (χ0n) is 48.8. The molecule has 6 nitrogen and oxygen atoms in total. The van der Waals surface area contributed by atoms with E-state index in [2.05, 4.69) is 106 Å². The van der Waals surface area contributed by atoms with Crippen LogP contribution in [-0.2, 0) is 28.6 Å². The van der Waals surface area contributed by atoms with Gasteiger partial charge in [0.05, 0.1) is 0 Å². The van der Waals surface area contributed by atoms with Gasteiger partial charge in [-0.2, -0.15) is 0 Å². The van der Waals surface area contributed by atoms with Gasteiger partial charge in [0, 0.05) is 19.3 Å². The van der Waals surface area contributed by atoms with E-state index in [4.69, 9.17) is 14.2 Å². The van der Waals surface area contributed by atoms with E-state index in [9.17, 15) is 14.4 Å². The zero-order chi connectivity index (χ0) is 53.6. The van der Waals surface area contributed by atoms with Gasteiger partial charge in [0.1, 0.15) is 13.2 Å². The molecule has 0 aromatic carbocycles. The van der Waals surface area contributed by atoms with Crippen molar-refractivity contribution in [3.63, 3.8) is 0 Å². The lowest BCUT2D eigenvalue weighted by molar-refractivity contribution is -0.167. The minimum atomic E-state index is -0.785. The van der Waals surface area contributed by atoms with Crippen LogP contribution >= 0.6 is 0 Å². The average Bonchev–Trinajstić information content (AvgIpc) is 3.40. The molecule has 0 aliphatic carbocycles. The van der Waals surface area contributed by atoms with Gasteiger partial charge in [-0.05, 0) is 109 Å². The van der Waals surface area contributed by atoms with E-state index in [0.717, 1.165) is 122 Å². The van der Waals surface area contributed by atoms with Crippen molar-refractivity contribution < 1.29 is 28.6 Å². The topological polar surface area (TPSA) is 78.9 Å². The fraction of sp³-hybridized carbons (Fsp3) is 0.750. The summed E-state index contributed by atoms with van der Waals surface area (Å²) in [5, 5.41) is 0. The summed E-state index contributed by atoms with van der Waals surface area (Å²) < 4.78 is 16.9. The Kier molecular flexibility index (Phi) is 59.3. The summed E-state index contributed by atoms with van der Waals surface area (Å²) in [5.74, 6) is -0.896. The molecular formula is C68H118O6. The highest BCUT2D eigenvalue weighted by molar-refractivity contribution is 5.71. The van der Waals surface area contributed by atoms with Crippen LogP contribution in [0.4, 0.5) is 0 Å². The molecule has 0 saturated carbocycles. The highest BCUT2D eigenvalue weighted by Crippen LogP contribution is 2.17. The van der Waals surface area contributed by atoms with Gasteiger partial charge in [0.25, 0.3) is 0 Å². The van der Waals surface area contributed by atoms with Crippen LogP contribution in [-0.4, -0.2) is 37.2 Å². The second kappa shape index (κ2) is 62.1. The molecule has 0 rings (SSSR count). The second-order valence-electron chi connectivity index (χ2n) is 20.9. The molecule has 0 fully saturated rings. The molecule has 74 heavy (non-hydrogen) atoms. The van der Waals surface area contributed by atoms with Gasteiger partial charge >= 0.3 is 17.9 Å². The molecular weight excluding hydrogens is 913 g/mol. The number of rotatable bonds is 57. The Morgan fingerprint density at radius 2 is 0.554 bits per heavy atom. The van der Waals surface area contributed by atoms with Crippen LogP contribution in [0.1, 0.15) is 310 Å². The van der Waals surface area contributed by atoms with Gasteiger partial charge in [0.2, 0.25) is 0 Å². The second-order valence-corrected chi connectivity index (χ2v) is 20.9. The summed E-state index contributed by atoms with van der Waals surface area (Å²) in [6, 6.07) is 0. The standard InChI is InChI=1S/C68H118O6/c1-4-7-10-13-16-19-22-25-26-27-28-29-30-31-32-33-34-35-36-37-38-39-40-41-42-44-46-49-52-55-58-61-67(70)73-64-65(63-72-66(69)60-57-54-51-48-45-24-21-18-15-12-9-6-3)74-68(71)62-59-56-53-50-47-43-23-20-17-14-11-8-5-2/h7,10-11,14,16,18-21,23,25-26,28-29,65H,4-6,8-9,12-13,15,17,22,24,27,30-64H2,1-3H3/b10-7-,14-11-,19-16-,21-18-,23-20-,26-25-,29-28-. The molecule has 0 radical (unpaired) electrons. The molecule has 0 aliphatic heterocycles. The Labute approximate surface area is 458 Å². The normalized spacial score (nSPS) is 12.6. The van der Waals surface area contributed by atoms with Crippen molar-refractivity contribution in [2.45, 2.75) is 316 Å². The monoisotopic (exact) mass is 1030 g/mol. The number of esters is 3. The summed E-state index contributed by atoms with van der Waals surface area (Å²) in [4.78, 5) is 38.2. The third-order valence-corrected chi connectivity index (χ3v) is 13.6. The van der Waals surface area contributed by atoms with Crippen molar-refractivity contribution in [3.05, 3.63) is 85.1 Å². The third kappa shape index (κ3) is 59.5. The maximum absolute atomic E-state index is 12.8. The predicted octanol–water partition coefficient (Wildman–Crippen LogP) is 21.5. The van der Waals surface area contributed by atoms with Crippen LogP contribution in [0.25, 0.3) is 0 Å². The van der Waals surface area contributed by atoms with E-state index >= 15 is 0 Å². The van der Waals surface area contributed by atoms with Crippen LogP contribution < -0.4 is 0 Å². The van der Waals surface area contributed by atoms with Crippen molar-refractivity contribution >= 4 is 17.9 Å². The first-order valence-electron chi connectivity index (χ1n) is 31.6. The molecule has 0 bridgehead atoms. The lowest BCUT2D eigenvalue weighted by Crippen LogP contribution is -2.30. The Balaban J connectivity index is 4.13. The maximum Gasteiger partial charge on any atom is 0.306 e. The van der Waals surface area contributed by atoms with E-state index < -0.39 is 6.10 Å². The summed E-state index contributed by atoms with van der Waals surface area (Å²) in [5.41, 5.74) is 0. The number of carbonyl (C=O) groups excluding carboxylic acids is 3. The molecule has 0 aromatic heterocycles. The summed E-state index contributed by atoms with van der Waals surface area (Å²) in [6.45, 7) is 6.44. The van der Waals surface area contributed by atoms with Crippen molar-refractivity contribution in [2.24, 2.45) is 0 Å². The molecule has 0 heterocycles. The number of carbonyl (C=O) groups is 3. The minimum absolute atomic E-state index is 0.0819.